The number of ether oxygens (including phenoxy) is 2. The standard InChI is InChI=1S/C26H34O4/c1-3-5-6-7-8-9-10-13-19-29-25-20-22(18-17-21(25)14-4-2)30-24-16-12-11-15-23(24)26(27)28/h4,11-12,15-18,20H,2-3,5-10,13-14,19H2,1H3,(H,27,28). The Bertz CT molecular complexity index is 797. The van der Waals surface area contributed by atoms with Crippen molar-refractivity contribution in [3.8, 4) is 17.2 Å². The van der Waals surface area contributed by atoms with Crippen LogP contribution in [0, 0.1) is 0 Å². The zero-order valence-corrected chi connectivity index (χ0v) is 18.1. The average molecular weight is 411 g/mol. The van der Waals surface area contributed by atoms with Gasteiger partial charge in [0.05, 0.1) is 6.61 Å². The van der Waals surface area contributed by atoms with E-state index in [4.69, 9.17) is 9.47 Å². The number of hydrogen-bond donors (Lipinski definition) is 1. The molecular weight excluding hydrogens is 376 g/mol. The SMILES string of the molecule is C=CCc1ccc(Oc2ccccc2C(=O)O)cc1OCCCCCCCCCC. The first-order valence-electron chi connectivity index (χ1n) is 11.0. The first-order chi connectivity index (χ1) is 14.7. The van der Waals surface area contributed by atoms with Crippen LogP contribution < -0.4 is 9.47 Å². The molecule has 0 fully saturated rings. The van der Waals surface area contributed by atoms with Gasteiger partial charge in [0.25, 0.3) is 0 Å². The monoisotopic (exact) mass is 410 g/mol. The summed E-state index contributed by atoms with van der Waals surface area (Å²) in [6.45, 7) is 6.72. The summed E-state index contributed by atoms with van der Waals surface area (Å²) in [6.07, 6.45) is 12.6. The molecule has 2 aromatic carbocycles. The maximum absolute atomic E-state index is 11.4. The lowest BCUT2D eigenvalue weighted by Crippen LogP contribution is -2.02. The summed E-state index contributed by atoms with van der Waals surface area (Å²) in [6, 6.07) is 12.2. The van der Waals surface area contributed by atoms with E-state index < -0.39 is 5.97 Å². The van der Waals surface area contributed by atoms with Crippen LogP contribution in [0.15, 0.2) is 55.1 Å². The number of para-hydroxylation sites is 1. The Kier molecular flexibility index (Phi) is 10.6. The molecule has 0 unspecified atom stereocenters. The molecule has 0 aliphatic rings. The van der Waals surface area contributed by atoms with Gasteiger partial charge in [0.15, 0.2) is 0 Å². The normalized spacial score (nSPS) is 10.6. The third kappa shape index (κ3) is 7.94. The van der Waals surface area contributed by atoms with E-state index in [-0.39, 0.29) is 5.56 Å². The number of rotatable bonds is 15. The Balaban J connectivity index is 1.93. The second kappa shape index (κ2) is 13.5. The average Bonchev–Trinajstić information content (AvgIpc) is 2.74. The van der Waals surface area contributed by atoms with Gasteiger partial charge in [0.1, 0.15) is 22.8 Å². The minimum absolute atomic E-state index is 0.133. The fourth-order valence-electron chi connectivity index (χ4n) is 3.33. The molecule has 2 rings (SSSR count). The van der Waals surface area contributed by atoms with Crippen LogP contribution in [0.4, 0.5) is 0 Å². The van der Waals surface area contributed by atoms with Crippen molar-refractivity contribution in [1.82, 2.24) is 0 Å². The minimum atomic E-state index is -1.01. The van der Waals surface area contributed by atoms with Crippen LogP contribution in [-0.4, -0.2) is 17.7 Å². The lowest BCUT2D eigenvalue weighted by Gasteiger charge is -2.14. The second-order valence-electron chi connectivity index (χ2n) is 7.49. The number of carbonyl (C=O) groups is 1. The van der Waals surface area contributed by atoms with E-state index in [0.717, 1.165) is 17.7 Å². The molecule has 162 valence electrons. The first-order valence-corrected chi connectivity index (χ1v) is 11.0. The molecule has 0 spiro atoms. The van der Waals surface area contributed by atoms with Gasteiger partial charge in [-0.25, -0.2) is 4.79 Å². The lowest BCUT2D eigenvalue weighted by molar-refractivity contribution is 0.0694. The fourth-order valence-corrected chi connectivity index (χ4v) is 3.33. The Morgan fingerprint density at radius 2 is 1.67 bits per heavy atom. The van der Waals surface area contributed by atoms with Gasteiger partial charge in [-0.1, -0.05) is 76.1 Å². The van der Waals surface area contributed by atoms with Gasteiger partial charge in [-0.05, 0) is 36.6 Å². The maximum Gasteiger partial charge on any atom is 0.339 e. The molecule has 0 bridgehead atoms. The van der Waals surface area contributed by atoms with Crippen LogP contribution >= 0.6 is 0 Å². The number of hydrogen-bond acceptors (Lipinski definition) is 3. The van der Waals surface area contributed by atoms with Crippen molar-refractivity contribution in [1.29, 1.82) is 0 Å². The van der Waals surface area contributed by atoms with Crippen molar-refractivity contribution in [2.45, 2.75) is 64.7 Å². The van der Waals surface area contributed by atoms with Gasteiger partial charge in [0.2, 0.25) is 0 Å². The van der Waals surface area contributed by atoms with Gasteiger partial charge >= 0.3 is 5.97 Å². The number of carboxylic acid groups (broad SMARTS) is 1. The van der Waals surface area contributed by atoms with Crippen molar-refractivity contribution in [3.05, 3.63) is 66.2 Å². The summed E-state index contributed by atoms with van der Waals surface area (Å²) in [5, 5.41) is 9.34. The number of allylic oxidation sites excluding steroid dienone is 1. The number of aromatic carboxylic acids is 1. The van der Waals surface area contributed by atoms with E-state index in [1.807, 2.05) is 24.3 Å². The molecule has 1 N–H and O–H groups in total. The summed E-state index contributed by atoms with van der Waals surface area (Å²) in [7, 11) is 0. The Hall–Kier alpha value is -2.75. The van der Waals surface area contributed by atoms with Crippen LogP contribution in [0.2, 0.25) is 0 Å². The molecule has 0 atom stereocenters. The fraction of sp³-hybridized carbons (Fsp3) is 0.423. The smallest absolute Gasteiger partial charge is 0.339 e. The Morgan fingerprint density at radius 1 is 0.967 bits per heavy atom. The number of carboxylic acids is 1. The molecule has 0 aliphatic heterocycles. The second-order valence-corrected chi connectivity index (χ2v) is 7.49. The Morgan fingerprint density at radius 3 is 2.37 bits per heavy atom. The highest BCUT2D eigenvalue weighted by molar-refractivity contribution is 5.90. The molecule has 0 aliphatic carbocycles. The van der Waals surface area contributed by atoms with Gasteiger partial charge in [-0.3, -0.25) is 0 Å². The topological polar surface area (TPSA) is 55.8 Å². The molecule has 0 amide bonds. The van der Waals surface area contributed by atoms with Crippen LogP contribution in [0.25, 0.3) is 0 Å². The van der Waals surface area contributed by atoms with Crippen molar-refractivity contribution >= 4 is 5.97 Å². The van der Waals surface area contributed by atoms with E-state index in [1.54, 1.807) is 18.2 Å². The van der Waals surface area contributed by atoms with Crippen LogP contribution in [0.1, 0.15) is 74.2 Å². The predicted molar refractivity (Wildman–Crippen MR) is 122 cm³/mol. The van der Waals surface area contributed by atoms with Gasteiger partial charge in [-0.2, -0.15) is 0 Å². The molecule has 30 heavy (non-hydrogen) atoms. The minimum Gasteiger partial charge on any atom is -0.493 e. The highest BCUT2D eigenvalue weighted by atomic mass is 16.5. The summed E-state index contributed by atoms with van der Waals surface area (Å²) in [4.78, 5) is 11.4. The molecular formula is C26H34O4. The van der Waals surface area contributed by atoms with Crippen molar-refractivity contribution in [3.63, 3.8) is 0 Å². The van der Waals surface area contributed by atoms with E-state index >= 15 is 0 Å². The highest BCUT2D eigenvalue weighted by Crippen LogP contribution is 2.31. The molecule has 0 saturated carbocycles. The zero-order chi connectivity index (χ0) is 21.6. The third-order valence-electron chi connectivity index (χ3n) is 5.00. The molecule has 0 heterocycles. The van der Waals surface area contributed by atoms with Crippen LogP contribution in [0.5, 0.6) is 17.2 Å². The molecule has 2 aromatic rings. The zero-order valence-electron chi connectivity index (χ0n) is 18.1. The van der Waals surface area contributed by atoms with Crippen molar-refractivity contribution in [2.24, 2.45) is 0 Å². The highest BCUT2D eigenvalue weighted by Gasteiger charge is 2.12. The molecule has 0 radical (unpaired) electrons. The van der Waals surface area contributed by atoms with Crippen LogP contribution in [0.3, 0.4) is 0 Å². The molecule has 0 aromatic heterocycles. The summed E-state index contributed by atoms with van der Waals surface area (Å²) in [5.41, 5.74) is 1.18. The van der Waals surface area contributed by atoms with E-state index in [0.29, 0.717) is 24.5 Å². The summed E-state index contributed by atoms with van der Waals surface area (Å²) < 4.78 is 11.9. The third-order valence-corrected chi connectivity index (χ3v) is 5.00. The van der Waals surface area contributed by atoms with Gasteiger partial charge < -0.3 is 14.6 Å². The largest absolute Gasteiger partial charge is 0.493 e. The maximum atomic E-state index is 11.4. The number of benzene rings is 2. The van der Waals surface area contributed by atoms with Gasteiger partial charge in [-0.15, -0.1) is 6.58 Å². The Labute approximate surface area is 180 Å². The predicted octanol–water partition coefficient (Wildman–Crippen LogP) is 7.43. The molecule has 4 heteroatoms. The quantitative estimate of drug-likeness (QED) is 0.245. The van der Waals surface area contributed by atoms with Gasteiger partial charge in [0, 0.05) is 6.07 Å². The lowest BCUT2D eigenvalue weighted by atomic mass is 10.1. The van der Waals surface area contributed by atoms with E-state index in [2.05, 4.69) is 13.5 Å². The van der Waals surface area contributed by atoms with Crippen LogP contribution in [-0.2, 0) is 6.42 Å². The van der Waals surface area contributed by atoms with E-state index in [9.17, 15) is 9.90 Å². The summed E-state index contributed by atoms with van der Waals surface area (Å²) >= 11 is 0. The molecule has 0 saturated heterocycles. The van der Waals surface area contributed by atoms with Crippen molar-refractivity contribution in [2.75, 3.05) is 6.61 Å². The summed E-state index contributed by atoms with van der Waals surface area (Å²) in [5.74, 6) is 0.626. The van der Waals surface area contributed by atoms with Crippen molar-refractivity contribution < 1.29 is 19.4 Å². The van der Waals surface area contributed by atoms with E-state index in [1.165, 1.54) is 51.0 Å². The number of unbranched alkanes of at least 4 members (excludes halogenated alkanes) is 7. The molecule has 4 nitrogen and oxygen atoms in total. The first kappa shape index (κ1) is 23.5.